The smallest absolute Gasteiger partial charge is 0.305 e. The number of carbonyl (C=O) groups excluding carboxylic acids is 1. The number of ether oxygens (including phenoxy) is 1. The molecule has 0 spiro atoms. The number of alkyl halides is 1. The number of halogens is 1. The van der Waals surface area contributed by atoms with Crippen LogP contribution >= 0.6 is 11.6 Å². The predicted molar refractivity (Wildman–Crippen MR) is 133 cm³/mol. The number of esters is 1. The predicted octanol–water partition coefficient (Wildman–Crippen LogP) is 5.92. The Morgan fingerprint density at radius 1 is 1.18 bits per heavy atom. The van der Waals surface area contributed by atoms with Gasteiger partial charge in [0, 0.05) is 17.7 Å². The minimum absolute atomic E-state index is 0.0362. The number of benzene rings is 1. The molecule has 4 nitrogen and oxygen atoms in total. The zero-order valence-corrected chi connectivity index (χ0v) is 20.8. The maximum Gasteiger partial charge on any atom is 0.305 e. The van der Waals surface area contributed by atoms with Crippen LogP contribution in [0.4, 0.5) is 0 Å². The lowest BCUT2D eigenvalue weighted by Gasteiger charge is -2.26. The summed E-state index contributed by atoms with van der Waals surface area (Å²) in [4.78, 5) is 11.2. The second kappa shape index (κ2) is 13.5. The van der Waals surface area contributed by atoms with E-state index >= 15 is 0 Å². The lowest BCUT2D eigenvalue weighted by atomic mass is 9.83. The van der Waals surface area contributed by atoms with Gasteiger partial charge in [-0.05, 0) is 74.3 Å². The van der Waals surface area contributed by atoms with E-state index in [2.05, 4.69) is 41.2 Å². The number of unbranched alkanes of at least 4 members (excludes halogenated alkanes) is 1. The number of hydrogen-bond acceptors (Lipinski definition) is 4. The highest BCUT2D eigenvalue weighted by atomic mass is 35.5. The first kappa shape index (κ1) is 26.2. The molecule has 2 fully saturated rings. The Hall–Kier alpha value is -1.36. The van der Waals surface area contributed by atoms with Crippen LogP contribution in [-0.2, 0) is 16.0 Å². The maximum atomic E-state index is 11.2. The van der Waals surface area contributed by atoms with Crippen molar-refractivity contribution in [2.45, 2.75) is 101 Å². The molecule has 0 saturated heterocycles. The van der Waals surface area contributed by atoms with Gasteiger partial charge in [0.05, 0.1) is 19.3 Å². The van der Waals surface area contributed by atoms with Gasteiger partial charge in [-0.3, -0.25) is 4.79 Å². The standard InChI is InChI=1S/C28H41ClO4/c1-33-27(32)12-8-3-2-7-11-23-24(29)19-26(31)28(23)22-16-13-20(14-17-22)15-18-25(30)21-9-5-4-6-10-21/h2,7,13-14,16-17,21,23-26,28,30-31H,3-6,8-12,15,18-19H2,1H3/b7-2-/t23-,24-,25?,26+,28+/m0/s1. The SMILES string of the molecule is COC(=O)CCC/C=C\C[C@@H]1[C@@H](c2ccc(CCC(O)C3CCCCC3)cc2)[C@H](O)C[C@@H]1Cl. The van der Waals surface area contributed by atoms with Gasteiger partial charge in [0.1, 0.15) is 0 Å². The van der Waals surface area contributed by atoms with E-state index in [1.165, 1.54) is 44.8 Å². The highest BCUT2D eigenvalue weighted by Crippen LogP contribution is 2.44. The van der Waals surface area contributed by atoms with Crippen LogP contribution in [0.2, 0.25) is 0 Å². The van der Waals surface area contributed by atoms with Crippen LogP contribution in [0, 0.1) is 11.8 Å². The molecule has 2 aliphatic carbocycles. The van der Waals surface area contributed by atoms with E-state index in [4.69, 9.17) is 11.6 Å². The zero-order chi connectivity index (χ0) is 23.6. The first-order valence-corrected chi connectivity index (χ1v) is 13.2. The van der Waals surface area contributed by atoms with E-state index in [-0.39, 0.29) is 29.3 Å². The molecule has 1 aromatic rings. The van der Waals surface area contributed by atoms with Crippen molar-refractivity contribution in [2.75, 3.05) is 7.11 Å². The summed E-state index contributed by atoms with van der Waals surface area (Å²) in [5, 5.41) is 21.2. The average Bonchev–Trinajstić information content (AvgIpc) is 3.12. The topological polar surface area (TPSA) is 66.8 Å². The largest absolute Gasteiger partial charge is 0.469 e. The average molecular weight is 477 g/mol. The molecule has 0 aliphatic heterocycles. The Morgan fingerprint density at radius 2 is 1.91 bits per heavy atom. The van der Waals surface area contributed by atoms with Crippen LogP contribution < -0.4 is 0 Å². The minimum Gasteiger partial charge on any atom is -0.469 e. The number of allylic oxidation sites excluding steroid dienone is 2. The summed E-state index contributed by atoms with van der Waals surface area (Å²) >= 11 is 6.62. The van der Waals surface area contributed by atoms with E-state index in [0.29, 0.717) is 18.8 Å². The molecule has 2 saturated carbocycles. The fourth-order valence-electron chi connectivity index (χ4n) is 5.64. The van der Waals surface area contributed by atoms with Crippen molar-refractivity contribution in [3.8, 4) is 0 Å². The summed E-state index contributed by atoms with van der Waals surface area (Å²) in [6.45, 7) is 0. The van der Waals surface area contributed by atoms with Crippen LogP contribution in [0.25, 0.3) is 0 Å². The highest BCUT2D eigenvalue weighted by molar-refractivity contribution is 6.21. The minimum atomic E-state index is -0.427. The number of aryl methyl sites for hydroxylation is 1. The van der Waals surface area contributed by atoms with Crippen LogP contribution in [0.5, 0.6) is 0 Å². The van der Waals surface area contributed by atoms with Crippen molar-refractivity contribution in [3.63, 3.8) is 0 Å². The van der Waals surface area contributed by atoms with Crippen LogP contribution in [0.3, 0.4) is 0 Å². The van der Waals surface area contributed by atoms with E-state index in [9.17, 15) is 15.0 Å². The molecular weight excluding hydrogens is 436 g/mol. The molecule has 0 radical (unpaired) electrons. The fraction of sp³-hybridized carbons (Fsp3) is 0.679. The third kappa shape index (κ3) is 7.83. The molecule has 33 heavy (non-hydrogen) atoms. The van der Waals surface area contributed by atoms with Gasteiger partial charge in [-0.1, -0.05) is 55.7 Å². The Kier molecular flexibility index (Phi) is 10.7. The monoisotopic (exact) mass is 476 g/mol. The van der Waals surface area contributed by atoms with E-state index in [1.807, 2.05) is 0 Å². The molecular formula is C28H41ClO4. The molecule has 0 amide bonds. The van der Waals surface area contributed by atoms with Gasteiger partial charge in [-0.2, -0.15) is 0 Å². The molecule has 0 bridgehead atoms. The summed E-state index contributed by atoms with van der Waals surface area (Å²) < 4.78 is 4.67. The second-order valence-corrected chi connectivity index (χ2v) is 10.5. The van der Waals surface area contributed by atoms with E-state index in [1.54, 1.807) is 0 Å². The number of aliphatic hydroxyl groups excluding tert-OH is 2. The van der Waals surface area contributed by atoms with Gasteiger partial charge >= 0.3 is 5.97 Å². The first-order chi connectivity index (χ1) is 16.0. The van der Waals surface area contributed by atoms with E-state index in [0.717, 1.165) is 37.7 Å². The number of rotatable bonds is 11. The Labute approximate surface area is 204 Å². The van der Waals surface area contributed by atoms with Crippen molar-refractivity contribution < 1.29 is 19.7 Å². The first-order valence-electron chi connectivity index (χ1n) is 12.8. The molecule has 184 valence electrons. The Morgan fingerprint density at radius 3 is 2.61 bits per heavy atom. The molecule has 0 heterocycles. The second-order valence-electron chi connectivity index (χ2n) is 9.93. The van der Waals surface area contributed by atoms with Gasteiger partial charge in [-0.25, -0.2) is 0 Å². The number of methoxy groups -OCH3 is 1. The van der Waals surface area contributed by atoms with E-state index < -0.39 is 6.10 Å². The van der Waals surface area contributed by atoms with Crippen molar-refractivity contribution in [1.82, 2.24) is 0 Å². The Bertz CT molecular complexity index is 741. The van der Waals surface area contributed by atoms with Crippen molar-refractivity contribution in [3.05, 3.63) is 47.5 Å². The highest BCUT2D eigenvalue weighted by Gasteiger charge is 2.41. The summed E-state index contributed by atoms with van der Waals surface area (Å²) in [6.07, 6.45) is 15.0. The van der Waals surface area contributed by atoms with Crippen molar-refractivity contribution >= 4 is 17.6 Å². The lowest BCUT2D eigenvalue weighted by Crippen LogP contribution is -2.23. The third-order valence-corrected chi connectivity index (χ3v) is 8.15. The molecule has 3 rings (SSSR count). The summed E-state index contributed by atoms with van der Waals surface area (Å²) in [5.74, 6) is 0.531. The molecule has 1 aromatic carbocycles. The van der Waals surface area contributed by atoms with Gasteiger partial charge in [0.15, 0.2) is 0 Å². The van der Waals surface area contributed by atoms with Gasteiger partial charge < -0.3 is 14.9 Å². The van der Waals surface area contributed by atoms with Crippen LogP contribution in [0.15, 0.2) is 36.4 Å². The zero-order valence-electron chi connectivity index (χ0n) is 20.0. The molecule has 2 aliphatic rings. The van der Waals surface area contributed by atoms with Crippen LogP contribution in [-0.4, -0.2) is 40.9 Å². The summed E-state index contributed by atoms with van der Waals surface area (Å²) in [7, 11) is 1.41. The van der Waals surface area contributed by atoms with Gasteiger partial charge in [0.25, 0.3) is 0 Å². The molecule has 5 heteroatoms. The number of hydrogen-bond donors (Lipinski definition) is 2. The fourth-order valence-corrected chi connectivity index (χ4v) is 6.08. The maximum absolute atomic E-state index is 11.2. The molecule has 1 unspecified atom stereocenters. The quantitative estimate of drug-likeness (QED) is 0.180. The Balaban J connectivity index is 1.51. The molecule has 2 N–H and O–H groups in total. The number of carbonyl (C=O) groups is 1. The lowest BCUT2D eigenvalue weighted by molar-refractivity contribution is -0.140. The van der Waals surface area contributed by atoms with Gasteiger partial charge in [-0.15, -0.1) is 11.6 Å². The number of aliphatic hydroxyl groups is 2. The summed E-state index contributed by atoms with van der Waals surface area (Å²) in [5.41, 5.74) is 2.39. The molecule has 0 aromatic heterocycles. The third-order valence-electron chi connectivity index (χ3n) is 7.65. The van der Waals surface area contributed by atoms with Crippen molar-refractivity contribution in [1.29, 1.82) is 0 Å². The molecule has 5 atom stereocenters. The van der Waals surface area contributed by atoms with Crippen LogP contribution in [0.1, 0.15) is 87.7 Å². The van der Waals surface area contributed by atoms with Gasteiger partial charge in [0.2, 0.25) is 0 Å². The normalized spacial score (nSPS) is 27.2. The van der Waals surface area contributed by atoms with Crippen molar-refractivity contribution in [2.24, 2.45) is 11.8 Å². The summed E-state index contributed by atoms with van der Waals surface area (Å²) in [6, 6.07) is 8.57.